The predicted octanol–water partition coefficient (Wildman–Crippen LogP) is 1.14. The molecule has 0 amide bonds. The van der Waals surface area contributed by atoms with Gasteiger partial charge in [-0.15, -0.1) is 59.3 Å². The van der Waals surface area contributed by atoms with Crippen LogP contribution < -0.4 is 24.8 Å². The SMILES string of the molecule is CC(C)[C](=[Zr+2])C(C)C.[Cl-].[Cl-].c1ccc2[cH-]ccc2c1.c1ccc2[cH-]ccc2c1. The molecule has 0 radical (unpaired) electrons. The molecule has 0 heterocycles. The third kappa shape index (κ3) is 8.56. The standard InChI is InChI=1S/2C9H7.C7H14.2ClH.Zr/c2*1-2-5-9-7-3-6-8(9)4-1;1-6(2)5-7(3)4;;;/h2*1-7H;6-7H,1-4H3;2*1H;/q2*-1;;;;+2/p-2. The van der Waals surface area contributed by atoms with Gasteiger partial charge in [-0.2, -0.15) is 35.0 Å². The van der Waals surface area contributed by atoms with Crippen LogP contribution in [0.1, 0.15) is 27.7 Å². The summed E-state index contributed by atoms with van der Waals surface area (Å²) in [7, 11) is 0. The van der Waals surface area contributed by atoms with Crippen LogP contribution in [0.3, 0.4) is 0 Å². The van der Waals surface area contributed by atoms with Gasteiger partial charge in [0.15, 0.2) is 0 Å². The molecule has 0 spiro atoms. The quantitative estimate of drug-likeness (QED) is 0.370. The third-order valence-corrected chi connectivity index (χ3v) is 7.18. The predicted molar refractivity (Wildman–Crippen MR) is 114 cm³/mol. The van der Waals surface area contributed by atoms with Gasteiger partial charge in [0.05, 0.1) is 0 Å². The summed E-state index contributed by atoms with van der Waals surface area (Å²) in [6.45, 7) is 9.07. The Labute approximate surface area is 197 Å². The number of hydrogen-bond acceptors (Lipinski definition) is 0. The smallest absolute Gasteiger partial charge is 0.0809 e. The Morgan fingerprint density at radius 2 is 1.00 bits per heavy atom. The molecule has 0 N–H and O–H groups in total. The van der Waals surface area contributed by atoms with E-state index in [1.165, 1.54) is 21.5 Å². The molecule has 0 aliphatic carbocycles. The number of rotatable bonds is 2. The molecule has 0 nitrogen and oxygen atoms in total. The van der Waals surface area contributed by atoms with Crippen molar-refractivity contribution >= 4 is 24.8 Å². The van der Waals surface area contributed by atoms with Gasteiger partial charge in [-0.3, -0.25) is 0 Å². The van der Waals surface area contributed by atoms with Crippen molar-refractivity contribution in [3.63, 3.8) is 0 Å². The van der Waals surface area contributed by atoms with Gasteiger partial charge in [-0.1, -0.05) is 12.1 Å². The summed E-state index contributed by atoms with van der Waals surface area (Å²) in [6, 6.07) is 29.3. The van der Waals surface area contributed by atoms with E-state index in [2.05, 4.69) is 113 Å². The average Bonchev–Trinajstić information content (AvgIpc) is 3.30. The van der Waals surface area contributed by atoms with E-state index in [1.807, 2.05) is 0 Å². The number of fused-ring (bicyclic) bond motifs is 2. The van der Waals surface area contributed by atoms with Gasteiger partial charge in [0.2, 0.25) is 0 Å². The first-order valence-corrected chi connectivity index (χ1v) is 10.5. The van der Waals surface area contributed by atoms with Gasteiger partial charge in [-0.05, 0) is 0 Å². The minimum Gasteiger partial charge on any atom is -1.00 e. The maximum atomic E-state index is 2.27. The van der Waals surface area contributed by atoms with E-state index >= 15 is 0 Å². The molecular weight excluding hydrogens is 462 g/mol. The zero-order valence-electron chi connectivity index (χ0n) is 17.0. The molecule has 148 valence electrons. The van der Waals surface area contributed by atoms with Crippen LogP contribution in [0.2, 0.25) is 0 Å². The van der Waals surface area contributed by atoms with E-state index in [-0.39, 0.29) is 24.8 Å². The first-order chi connectivity index (χ1) is 12.5. The van der Waals surface area contributed by atoms with Crippen LogP contribution in [-0.4, -0.2) is 3.21 Å². The van der Waals surface area contributed by atoms with Crippen LogP contribution in [0, 0.1) is 11.8 Å². The van der Waals surface area contributed by atoms with Crippen molar-refractivity contribution in [2.75, 3.05) is 0 Å². The summed E-state index contributed by atoms with van der Waals surface area (Å²) in [5.41, 5.74) is 0. The Bertz CT molecular complexity index is 795. The molecule has 0 aliphatic rings. The molecule has 4 aromatic carbocycles. The van der Waals surface area contributed by atoms with Gasteiger partial charge in [0, 0.05) is 0 Å². The van der Waals surface area contributed by atoms with Crippen LogP contribution >= 0.6 is 0 Å². The topological polar surface area (TPSA) is 0 Å². The van der Waals surface area contributed by atoms with Crippen LogP contribution in [0.25, 0.3) is 21.5 Å². The van der Waals surface area contributed by atoms with E-state index in [0.717, 1.165) is 11.8 Å². The minimum atomic E-state index is 0. The average molecular weight is 491 g/mol. The summed E-state index contributed by atoms with van der Waals surface area (Å²) < 4.78 is 1.69. The normalized spacial score (nSPS) is 9.71. The second-order valence-corrected chi connectivity index (χ2v) is 8.49. The van der Waals surface area contributed by atoms with E-state index in [1.54, 1.807) is 27.4 Å². The third-order valence-electron chi connectivity index (χ3n) is 4.34. The molecule has 0 atom stereocenters. The molecule has 4 aromatic rings. The number of halogens is 2. The summed E-state index contributed by atoms with van der Waals surface area (Å²) in [5.74, 6) is 1.60. The molecule has 0 aliphatic heterocycles. The van der Waals surface area contributed by atoms with E-state index in [4.69, 9.17) is 0 Å². The van der Waals surface area contributed by atoms with E-state index < -0.39 is 0 Å². The fourth-order valence-corrected chi connectivity index (χ4v) is 2.81. The second kappa shape index (κ2) is 14.1. The van der Waals surface area contributed by atoms with Crippen LogP contribution in [-0.2, 0) is 24.2 Å². The molecule has 3 heteroatoms. The molecule has 28 heavy (non-hydrogen) atoms. The molecule has 0 aromatic heterocycles. The van der Waals surface area contributed by atoms with Crippen LogP contribution in [0.5, 0.6) is 0 Å². The Morgan fingerprint density at radius 1 is 0.643 bits per heavy atom. The van der Waals surface area contributed by atoms with Crippen molar-refractivity contribution in [1.29, 1.82) is 0 Å². The van der Waals surface area contributed by atoms with Gasteiger partial charge in [0.1, 0.15) is 0 Å². The molecule has 0 bridgehead atoms. The van der Waals surface area contributed by atoms with Gasteiger partial charge < -0.3 is 24.8 Å². The molecular formula is C25H28Cl2Zr-2. The molecule has 0 saturated heterocycles. The fourth-order valence-electron chi connectivity index (χ4n) is 2.81. The van der Waals surface area contributed by atoms with Crippen molar-refractivity contribution in [3.05, 3.63) is 84.9 Å². The number of hydrogen-bond donors (Lipinski definition) is 0. The maximum Gasteiger partial charge on any atom is -0.0809 e. The zero-order valence-corrected chi connectivity index (χ0v) is 21.0. The summed E-state index contributed by atoms with van der Waals surface area (Å²) in [5, 5.41) is 5.32. The second-order valence-electron chi connectivity index (χ2n) is 7.07. The van der Waals surface area contributed by atoms with Gasteiger partial charge in [0.25, 0.3) is 0 Å². The maximum absolute atomic E-state index is 2.27. The Balaban J connectivity index is 0.000000379. The van der Waals surface area contributed by atoms with E-state index in [9.17, 15) is 0 Å². The Hall–Kier alpha value is -1.01. The summed E-state index contributed by atoms with van der Waals surface area (Å²) in [6.07, 6.45) is 0. The van der Waals surface area contributed by atoms with Crippen molar-refractivity contribution in [3.8, 4) is 0 Å². The largest absolute Gasteiger partial charge is 1.00 e. The van der Waals surface area contributed by atoms with Crippen molar-refractivity contribution < 1.29 is 49.0 Å². The Kier molecular flexibility index (Phi) is 13.5. The molecule has 0 fully saturated rings. The molecule has 0 unspecified atom stereocenters. The molecule has 0 saturated carbocycles. The van der Waals surface area contributed by atoms with E-state index in [0.29, 0.717) is 0 Å². The Morgan fingerprint density at radius 3 is 1.29 bits per heavy atom. The first kappa shape index (κ1) is 27.0. The summed E-state index contributed by atoms with van der Waals surface area (Å²) in [4.78, 5) is 0. The molecule has 4 rings (SSSR count). The van der Waals surface area contributed by atoms with Crippen molar-refractivity contribution in [2.45, 2.75) is 27.7 Å². The van der Waals surface area contributed by atoms with Gasteiger partial charge in [-0.25, -0.2) is 0 Å². The van der Waals surface area contributed by atoms with Gasteiger partial charge >= 0.3 is 67.0 Å². The number of benzene rings is 2. The van der Waals surface area contributed by atoms with Crippen molar-refractivity contribution in [1.82, 2.24) is 0 Å². The monoisotopic (exact) mass is 488 g/mol. The first-order valence-electron chi connectivity index (χ1n) is 9.28. The zero-order chi connectivity index (χ0) is 18.9. The van der Waals surface area contributed by atoms with Crippen LogP contribution in [0.15, 0.2) is 84.9 Å². The van der Waals surface area contributed by atoms with Crippen LogP contribution in [0.4, 0.5) is 0 Å². The minimum absolute atomic E-state index is 0. The van der Waals surface area contributed by atoms with Crippen molar-refractivity contribution in [2.24, 2.45) is 11.8 Å². The summed E-state index contributed by atoms with van der Waals surface area (Å²) >= 11 is 1.61. The fraction of sp³-hybridized carbons (Fsp3) is 0.240.